The Hall–Kier alpha value is -2.77. The lowest BCUT2D eigenvalue weighted by Gasteiger charge is -2.10. The van der Waals surface area contributed by atoms with Gasteiger partial charge in [0.15, 0.2) is 5.15 Å². The predicted molar refractivity (Wildman–Crippen MR) is 105 cm³/mol. The fourth-order valence-electron chi connectivity index (χ4n) is 2.83. The minimum atomic E-state index is -1.60. The Kier molecular flexibility index (Phi) is 4.63. The molecule has 0 fully saturated rings. The molecule has 27 heavy (non-hydrogen) atoms. The maximum atomic E-state index is 13.1. The van der Waals surface area contributed by atoms with Crippen LogP contribution in [0.15, 0.2) is 65.8 Å². The van der Waals surface area contributed by atoms with E-state index in [1.165, 1.54) is 24.3 Å². The summed E-state index contributed by atoms with van der Waals surface area (Å²) in [5.74, 6) is -0.388. The number of hydrogen-bond acceptors (Lipinski definition) is 3. The van der Waals surface area contributed by atoms with Crippen LogP contribution in [0.3, 0.4) is 0 Å². The fraction of sp³-hybridized carbons (Fsp3) is 0.0526. The lowest BCUT2D eigenvalue weighted by atomic mass is 10.1. The Morgan fingerprint density at radius 2 is 1.96 bits per heavy atom. The van der Waals surface area contributed by atoms with Crippen molar-refractivity contribution in [2.45, 2.75) is 11.8 Å². The van der Waals surface area contributed by atoms with E-state index in [4.69, 9.17) is 11.6 Å². The molecule has 0 amide bonds. The third-order valence-corrected chi connectivity index (χ3v) is 5.45. The molecule has 4 aromatic rings. The molecule has 0 aliphatic heterocycles. The molecule has 136 valence electrons. The van der Waals surface area contributed by atoms with Crippen molar-refractivity contribution < 1.29 is 8.60 Å². The molecule has 0 saturated heterocycles. The third kappa shape index (κ3) is 3.43. The number of rotatable bonds is 4. The number of fused-ring (bicyclic) bond motifs is 1. The Labute approximate surface area is 162 Å². The first-order chi connectivity index (χ1) is 13.0. The molecule has 4 rings (SSSR count). The number of imidazole rings is 1. The van der Waals surface area contributed by atoms with E-state index in [-0.39, 0.29) is 11.0 Å². The standard InChI is InChI=1S/C19H14ClFN4OS/c1-12-18(25-9-3-2-4-17(25)23-12)13-10-16(19(20)22-11-13)24-27(26)15-7-5-14(21)6-8-15/h2-11,24H,1H3. The molecule has 1 unspecified atom stereocenters. The van der Waals surface area contributed by atoms with Crippen molar-refractivity contribution in [2.24, 2.45) is 0 Å². The van der Waals surface area contributed by atoms with E-state index in [0.29, 0.717) is 10.6 Å². The molecule has 8 heteroatoms. The van der Waals surface area contributed by atoms with Crippen LogP contribution in [-0.4, -0.2) is 18.6 Å². The highest BCUT2D eigenvalue weighted by molar-refractivity contribution is 7.86. The van der Waals surface area contributed by atoms with Crippen LogP contribution in [0.25, 0.3) is 16.9 Å². The molecule has 0 bridgehead atoms. The zero-order valence-corrected chi connectivity index (χ0v) is 15.8. The summed E-state index contributed by atoms with van der Waals surface area (Å²) in [6, 6.07) is 13.0. The normalized spacial score (nSPS) is 12.3. The maximum absolute atomic E-state index is 13.1. The topological polar surface area (TPSA) is 59.3 Å². The van der Waals surface area contributed by atoms with Crippen LogP contribution >= 0.6 is 11.6 Å². The van der Waals surface area contributed by atoms with Gasteiger partial charge in [-0.05, 0) is 49.4 Å². The van der Waals surface area contributed by atoms with Gasteiger partial charge in [-0.1, -0.05) is 17.7 Å². The monoisotopic (exact) mass is 400 g/mol. The van der Waals surface area contributed by atoms with Crippen molar-refractivity contribution in [1.82, 2.24) is 14.4 Å². The Morgan fingerprint density at radius 1 is 1.19 bits per heavy atom. The van der Waals surface area contributed by atoms with Gasteiger partial charge in [0.05, 0.1) is 22.0 Å². The number of hydrogen-bond donors (Lipinski definition) is 1. The van der Waals surface area contributed by atoms with E-state index in [1.54, 1.807) is 12.3 Å². The second kappa shape index (κ2) is 7.09. The number of pyridine rings is 2. The van der Waals surface area contributed by atoms with Crippen LogP contribution < -0.4 is 4.72 Å². The number of halogens is 2. The average Bonchev–Trinajstić information content (AvgIpc) is 3.00. The summed E-state index contributed by atoms with van der Waals surface area (Å²) in [5.41, 5.74) is 3.75. The molecule has 0 radical (unpaired) electrons. The van der Waals surface area contributed by atoms with E-state index in [0.717, 1.165) is 22.6 Å². The SMILES string of the molecule is Cc1nc2ccccn2c1-c1cnc(Cl)c(NS(=O)c2ccc(F)cc2)c1. The highest BCUT2D eigenvalue weighted by atomic mass is 35.5. The predicted octanol–water partition coefficient (Wildman–Crippen LogP) is 4.63. The van der Waals surface area contributed by atoms with E-state index in [2.05, 4.69) is 14.7 Å². The molecule has 0 aliphatic rings. The molecule has 3 heterocycles. The van der Waals surface area contributed by atoms with Gasteiger partial charge in [-0.2, -0.15) is 0 Å². The van der Waals surface area contributed by atoms with Crippen molar-refractivity contribution in [3.63, 3.8) is 0 Å². The minimum Gasteiger partial charge on any atom is -0.299 e. The first-order valence-corrected chi connectivity index (χ1v) is 9.59. The zero-order chi connectivity index (χ0) is 19.0. The summed E-state index contributed by atoms with van der Waals surface area (Å²) in [7, 11) is -1.60. The van der Waals surface area contributed by atoms with Gasteiger partial charge in [0, 0.05) is 18.0 Å². The summed E-state index contributed by atoms with van der Waals surface area (Å²) in [4.78, 5) is 9.19. The van der Waals surface area contributed by atoms with Crippen LogP contribution in [0.2, 0.25) is 5.15 Å². The van der Waals surface area contributed by atoms with Gasteiger partial charge in [0.25, 0.3) is 0 Å². The molecule has 0 spiro atoms. The molecule has 3 aromatic heterocycles. The molecule has 1 aromatic carbocycles. The van der Waals surface area contributed by atoms with E-state index < -0.39 is 11.0 Å². The number of nitrogens with one attached hydrogen (secondary N) is 1. The van der Waals surface area contributed by atoms with Gasteiger partial charge in [-0.3, -0.25) is 9.12 Å². The third-order valence-electron chi connectivity index (χ3n) is 4.05. The minimum absolute atomic E-state index is 0.195. The Balaban J connectivity index is 1.72. The van der Waals surface area contributed by atoms with Gasteiger partial charge in [-0.25, -0.2) is 18.6 Å². The van der Waals surface area contributed by atoms with Gasteiger partial charge >= 0.3 is 0 Å². The first kappa shape index (κ1) is 17.6. The van der Waals surface area contributed by atoms with Crippen LogP contribution in [0.4, 0.5) is 10.1 Å². The molecule has 0 saturated carbocycles. The Bertz CT molecular complexity index is 1160. The number of aromatic nitrogens is 3. The quantitative estimate of drug-likeness (QED) is 0.508. The zero-order valence-electron chi connectivity index (χ0n) is 14.2. The van der Waals surface area contributed by atoms with Gasteiger partial charge < -0.3 is 0 Å². The highest BCUT2D eigenvalue weighted by Gasteiger charge is 2.14. The van der Waals surface area contributed by atoms with Crippen LogP contribution in [0, 0.1) is 12.7 Å². The fourth-order valence-corrected chi connectivity index (χ4v) is 3.89. The van der Waals surface area contributed by atoms with Crippen LogP contribution in [-0.2, 0) is 11.0 Å². The Morgan fingerprint density at radius 3 is 2.74 bits per heavy atom. The van der Waals surface area contributed by atoms with E-state index in [9.17, 15) is 8.60 Å². The molecule has 0 aliphatic carbocycles. The van der Waals surface area contributed by atoms with Crippen molar-refractivity contribution >= 4 is 33.9 Å². The van der Waals surface area contributed by atoms with Crippen LogP contribution in [0.1, 0.15) is 5.69 Å². The van der Waals surface area contributed by atoms with E-state index in [1.807, 2.05) is 35.7 Å². The second-order valence-corrected chi connectivity index (χ2v) is 7.43. The number of anilines is 1. The smallest absolute Gasteiger partial charge is 0.153 e. The van der Waals surface area contributed by atoms with Crippen molar-refractivity contribution in [3.8, 4) is 11.3 Å². The number of aryl methyl sites for hydroxylation is 1. The lowest BCUT2D eigenvalue weighted by Crippen LogP contribution is -2.06. The molecule has 5 nitrogen and oxygen atoms in total. The van der Waals surface area contributed by atoms with Gasteiger partial charge in [0.1, 0.15) is 22.5 Å². The molecule has 1 atom stereocenters. The molecule has 1 N–H and O–H groups in total. The number of benzene rings is 1. The summed E-state index contributed by atoms with van der Waals surface area (Å²) < 4.78 is 30.4. The summed E-state index contributed by atoms with van der Waals surface area (Å²) >= 11 is 6.18. The highest BCUT2D eigenvalue weighted by Crippen LogP contribution is 2.30. The maximum Gasteiger partial charge on any atom is 0.153 e. The average molecular weight is 401 g/mol. The van der Waals surface area contributed by atoms with Crippen molar-refractivity contribution in [1.29, 1.82) is 0 Å². The second-order valence-electron chi connectivity index (χ2n) is 5.86. The van der Waals surface area contributed by atoms with Gasteiger partial charge in [0.2, 0.25) is 0 Å². The van der Waals surface area contributed by atoms with Crippen molar-refractivity contribution in [2.75, 3.05) is 4.72 Å². The van der Waals surface area contributed by atoms with Gasteiger partial charge in [-0.15, -0.1) is 0 Å². The largest absolute Gasteiger partial charge is 0.299 e. The first-order valence-electron chi connectivity index (χ1n) is 8.06. The lowest BCUT2D eigenvalue weighted by molar-refractivity contribution is 0.626. The summed E-state index contributed by atoms with van der Waals surface area (Å²) in [5, 5.41) is 0.195. The summed E-state index contributed by atoms with van der Waals surface area (Å²) in [6.45, 7) is 1.92. The number of nitrogens with zero attached hydrogens (tertiary/aromatic N) is 3. The molecular formula is C19H14ClFN4OS. The van der Waals surface area contributed by atoms with Crippen molar-refractivity contribution in [3.05, 3.63) is 77.6 Å². The van der Waals surface area contributed by atoms with Crippen LogP contribution in [0.5, 0.6) is 0 Å². The van der Waals surface area contributed by atoms with E-state index >= 15 is 0 Å². The molecular weight excluding hydrogens is 387 g/mol. The summed E-state index contributed by atoms with van der Waals surface area (Å²) in [6.07, 6.45) is 3.57.